The summed E-state index contributed by atoms with van der Waals surface area (Å²) in [5.74, 6) is -0.760. The summed E-state index contributed by atoms with van der Waals surface area (Å²) in [6.45, 7) is 3.51. The number of hydrogen-bond donors (Lipinski definition) is 1. The van der Waals surface area contributed by atoms with Crippen molar-refractivity contribution < 1.29 is 14.0 Å². The van der Waals surface area contributed by atoms with Crippen molar-refractivity contribution >= 4 is 17.8 Å². The molecule has 0 aromatic heterocycles. The molecule has 5 heteroatoms. The number of oxime groups is 1. The van der Waals surface area contributed by atoms with Crippen molar-refractivity contribution in [2.75, 3.05) is 11.9 Å². The largest absolute Gasteiger partial charge is 0.386 e. The number of halogens is 1. The Balaban J connectivity index is 1.79. The second kappa shape index (κ2) is 8.08. The van der Waals surface area contributed by atoms with Gasteiger partial charge in [0.25, 0.3) is 5.91 Å². The van der Waals surface area contributed by atoms with Crippen molar-refractivity contribution in [2.24, 2.45) is 5.16 Å². The number of nitrogens with zero attached hydrogens (tertiary/aromatic N) is 1. The van der Waals surface area contributed by atoms with E-state index in [9.17, 15) is 9.18 Å². The van der Waals surface area contributed by atoms with E-state index in [1.807, 2.05) is 24.3 Å². The molecule has 0 unspecified atom stereocenters. The van der Waals surface area contributed by atoms with Gasteiger partial charge in [-0.05, 0) is 42.2 Å². The standard InChI is InChI=1S/C18H19FN2O2/c1-3-14-5-7-15(8-6-14)11-20-23-12-18(22)21-16-9-4-13(2)17(19)10-16/h4-11H,3,12H2,1-2H3,(H,21,22)/b20-11-. The molecule has 23 heavy (non-hydrogen) atoms. The third-order valence-corrected chi connectivity index (χ3v) is 3.32. The summed E-state index contributed by atoms with van der Waals surface area (Å²) in [7, 11) is 0. The number of amides is 1. The maximum absolute atomic E-state index is 13.4. The Morgan fingerprint density at radius 2 is 2.00 bits per heavy atom. The number of hydrogen-bond acceptors (Lipinski definition) is 3. The molecule has 0 radical (unpaired) electrons. The van der Waals surface area contributed by atoms with Crippen LogP contribution in [0.15, 0.2) is 47.6 Å². The van der Waals surface area contributed by atoms with Gasteiger partial charge >= 0.3 is 0 Å². The lowest BCUT2D eigenvalue weighted by atomic mass is 10.1. The number of anilines is 1. The lowest BCUT2D eigenvalue weighted by Crippen LogP contribution is -2.17. The highest BCUT2D eigenvalue weighted by atomic mass is 19.1. The van der Waals surface area contributed by atoms with Crippen LogP contribution in [0, 0.1) is 12.7 Å². The number of nitrogens with one attached hydrogen (secondary N) is 1. The highest BCUT2D eigenvalue weighted by molar-refractivity contribution is 5.91. The number of benzene rings is 2. The van der Waals surface area contributed by atoms with Gasteiger partial charge in [0.15, 0.2) is 6.61 Å². The lowest BCUT2D eigenvalue weighted by Gasteiger charge is -2.05. The average Bonchev–Trinajstić information content (AvgIpc) is 2.55. The topological polar surface area (TPSA) is 50.7 Å². The van der Waals surface area contributed by atoms with E-state index in [1.165, 1.54) is 17.8 Å². The molecule has 0 atom stereocenters. The van der Waals surface area contributed by atoms with Gasteiger partial charge in [0.05, 0.1) is 6.21 Å². The maximum Gasteiger partial charge on any atom is 0.265 e. The second-order valence-corrected chi connectivity index (χ2v) is 5.12. The van der Waals surface area contributed by atoms with E-state index in [0.717, 1.165) is 12.0 Å². The van der Waals surface area contributed by atoms with Gasteiger partial charge in [-0.2, -0.15) is 0 Å². The Kier molecular flexibility index (Phi) is 5.86. The fraction of sp³-hybridized carbons (Fsp3) is 0.222. The lowest BCUT2D eigenvalue weighted by molar-refractivity contribution is -0.120. The first-order chi connectivity index (χ1) is 11.1. The molecule has 0 heterocycles. The molecule has 4 nitrogen and oxygen atoms in total. The summed E-state index contributed by atoms with van der Waals surface area (Å²) in [6, 6.07) is 12.4. The predicted octanol–water partition coefficient (Wildman–Crippen LogP) is 3.69. The van der Waals surface area contributed by atoms with E-state index in [1.54, 1.807) is 19.1 Å². The van der Waals surface area contributed by atoms with Crippen LogP contribution in [-0.2, 0) is 16.1 Å². The Morgan fingerprint density at radius 1 is 1.26 bits per heavy atom. The molecule has 2 rings (SSSR count). The molecule has 0 bridgehead atoms. The monoisotopic (exact) mass is 314 g/mol. The molecule has 0 aliphatic heterocycles. The van der Waals surface area contributed by atoms with Crippen molar-refractivity contribution in [3.05, 3.63) is 65.0 Å². The molecule has 0 saturated carbocycles. The number of carbonyl (C=O) groups excluding carboxylic acids is 1. The zero-order valence-electron chi connectivity index (χ0n) is 13.2. The van der Waals surface area contributed by atoms with E-state index in [2.05, 4.69) is 17.4 Å². The van der Waals surface area contributed by atoms with E-state index < -0.39 is 5.91 Å². The number of carbonyl (C=O) groups is 1. The minimum Gasteiger partial charge on any atom is -0.386 e. The predicted molar refractivity (Wildman–Crippen MR) is 89.1 cm³/mol. The summed E-state index contributed by atoms with van der Waals surface area (Å²) in [4.78, 5) is 16.6. The first kappa shape index (κ1) is 16.7. The van der Waals surface area contributed by atoms with E-state index in [0.29, 0.717) is 11.3 Å². The maximum atomic E-state index is 13.4. The van der Waals surface area contributed by atoms with Gasteiger partial charge < -0.3 is 10.2 Å². The third kappa shape index (κ3) is 5.21. The first-order valence-electron chi connectivity index (χ1n) is 7.38. The zero-order valence-corrected chi connectivity index (χ0v) is 13.2. The normalized spacial score (nSPS) is 10.7. The summed E-state index contributed by atoms with van der Waals surface area (Å²) in [6.07, 6.45) is 2.52. The van der Waals surface area contributed by atoms with Crippen LogP contribution in [0.5, 0.6) is 0 Å². The van der Waals surface area contributed by atoms with Crippen LogP contribution in [0.2, 0.25) is 0 Å². The number of aryl methyl sites for hydroxylation is 2. The second-order valence-electron chi connectivity index (χ2n) is 5.12. The quantitative estimate of drug-likeness (QED) is 0.653. The highest BCUT2D eigenvalue weighted by Gasteiger charge is 2.04. The van der Waals surface area contributed by atoms with Crippen molar-refractivity contribution in [1.82, 2.24) is 0 Å². The molecule has 1 N–H and O–H groups in total. The van der Waals surface area contributed by atoms with Gasteiger partial charge in [-0.25, -0.2) is 4.39 Å². The fourth-order valence-corrected chi connectivity index (χ4v) is 1.90. The molecule has 0 aliphatic carbocycles. The Morgan fingerprint density at radius 3 is 2.65 bits per heavy atom. The zero-order chi connectivity index (χ0) is 16.7. The third-order valence-electron chi connectivity index (χ3n) is 3.32. The molecule has 0 fully saturated rings. The van der Waals surface area contributed by atoms with Gasteiger partial charge in [0.2, 0.25) is 0 Å². The molecule has 1 amide bonds. The van der Waals surface area contributed by atoms with Crippen molar-refractivity contribution in [3.8, 4) is 0 Å². The summed E-state index contributed by atoms with van der Waals surface area (Å²) in [5, 5.41) is 6.30. The fourth-order valence-electron chi connectivity index (χ4n) is 1.90. The van der Waals surface area contributed by atoms with Crippen molar-refractivity contribution in [3.63, 3.8) is 0 Å². The van der Waals surface area contributed by atoms with Crippen molar-refractivity contribution in [1.29, 1.82) is 0 Å². The first-order valence-corrected chi connectivity index (χ1v) is 7.38. The van der Waals surface area contributed by atoms with Gasteiger partial charge in [-0.3, -0.25) is 4.79 Å². The van der Waals surface area contributed by atoms with Gasteiger partial charge in [-0.15, -0.1) is 0 Å². The Labute approximate surface area is 135 Å². The van der Waals surface area contributed by atoms with E-state index in [-0.39, 0.29) is 12.4 Å². The summed E-state index contributed by atoms with van der Waals surface area (Å²) >= 11 is 0. The molecule has 0 spiro atoms. The molecule has 120 valence electrons. The summed E-state index contributed by atoms with van der Waals surface area (Å²) < 4.78 is 13.4. The van der Waals surface area contributed by atoms with Crippen molar-refractivity contribution in [2.45, 2.75) is 20.3 Å². The van der Waals surface area contributed by atoms with Crippen LogP contribution in [0.25, 0.3) is 0 Å². The summed E-state index contributed by atoms with van der Waals surface area (Å²) in [5.41, 5.74) is 3.05. The van der Waals surface area contributed by atoms with Crippen LogP contribution in [-0.4, -0.2) is 18.7 Å². The van der Waals surface area contributed by atoms with Crippen LogP contribution in [0.4, 0.5) is 10.1 Å². The number of rotatable bonds is 6. The highest BCUT2D eigenvalue weighted by Crippen LogP contribution is 2.13. The SMILES string of the molecule is CCc1ccc(/C=N\OCC(=O)Nc2ccc(C)c(F)c2)cc1. The minimum absolute atomic E-state index is 0.237. The molecular weight excluding hydrogens is 295 g/mol. The molecular formula is C18H19FN2O2. The van der Waals surface area contributed by atoms with Gasteiger partial charge in [0.1, 0.15) is 5.82 Å². The van der Waals surface area contributed by atoms with E-state index >= 15 is 0 Å². The van der Waals surface area contributed by atoms with Gasteiger partial charge in [-0.1, -0.05) is 42.4 Å². The Bertz CT molecular complexity index is 697. The van der Waals surface area contributed by atoms with E-state index in [4.69, 9.17) is 4.84 Å². The smallest absolute Gasteiger partial charge is 0.265 e. The van der Waals surface area contributed by atoms with Crippen LogP contribution in [0.1, 0.15) is 23.6 Å². The minimum atomic E-state index is -0.397. The van der Waals surface area contributed by atoms with Crippen LogP contribution >= 0.6 is 0 Å². The molecule has 2 aromatic rings. The molecule has 0 saturated heterocycles. The molecule has 0 aliphatic rings. The van der Waals surface area contributed by atoms with Crippen LogP contribution < -0.4 is 5.32 Å². The van der Waals surface area contributed by atoms with Crippen LogP contribution in [0.3, 0.4) is 0 Å². The van der Waals surface area contributed by atoms with Gasteiger partial charge in [0, 0.05) is 5.69 Å². The average molecular weight is 314 g/mol. The Hall–Kier alpha value is -2.69. The molecule has 2 aromatic carbocycles.